The molecule has 9 nitrogen and oxygen atoms in total. The first-order valence-corrected chi connectivity index (χ1v) is 10.7. The largest absolute Gasteiger partial charge is 0.378 e. The zero-order valence-corrected chi connectivity index (χ0v) is 19.1. The maximum absolute atomic E-state index is 11.8. The van der Waals surface area contributed by atoms with Crippen LogP contribution in [-0.4, -0.2) is 65.3 Å². The molecule has 2 aliphatic rings. The SMILES string of the molecule is CC1=CNC(=NCCCN2CCOCC2=O)NC1=C(C#N)c1ncccc1C#CC(C)(C)O. The number of aliphatic hydroxyl groups is 1. The van der Waals surface area contributed by atoms with Crippen molar-refractivity contribution >= 4 is 17.4 Å². The minimum absolute atomic E-state index is 0.00380. The molecule has 0 saturated carbocycles. The summed E-state index contributed by atoms with van der Waals surface area (Å²) in [5.41, 5.74) is 1.54. The van der Waals surface area contributed by atoms with Crippen LogP contribution in [0.5, 0.6) is 0 Å². The first kappa shape index (κ1) is 24.0. The quantitative estimate of drug-likeness (QED) is 0.351. The summed E-state index contributed by atoms with van der Waals surface area (Å²) in [6, 6.07) is 5.74. The van der Waals surface area contributed by atoms with E-state index in [-0.39, 0.29) is 12.5 Å². The van der Waals surface area contributed by atoms with E-state index in [1.54, 1.807) is 43.3 Å². The summed E-state index contributed by atoms with van der Waals surface area (Å²) in [5.74, 6) is 6.21. The molecule has 0 radical (unpaired) electrons. The molecule has 3 heterocycles. The number of aromatic nitrogens is 1. The van der Waals surface area contributed by atoms with Gasteiger partial charge in [-0.15, -0.1) is 0 Å². The summed E-state index contributed by atoms with van der Waals surface area (Å²) in [5, 5.41) is 26.2. The molecule has 1 aromatic rings. The van der Waals surface area contributed by atoms with Crippen LogP contribution in [0.2, 0.25) is 0 Å². The lowest BCUT2D eigenvalue weighted by Crippen LogP contribution is -2.42. The number of allylic oxidation sites excluding steroid dienone is 2. The fraction of sp³-hybridized carbons (Fsp3) is 0.417. The van der Waals surface area contributed by atoms with Crippen molar-refractivity contribution in [3.63, 3.8) is 0 Å². The van der Waals surface area contributed by atoms with Crippen LogP contribution in [0.3, 0.4) is 0 Å². The van der Waals surface area contributed by atoms with Crippen LogP contribution < -0.4 is 10.6 Å². The molecule has 0 aromatic carbocycles. The molecule has 1 aromatic heterocycles. The topological polar surface area (TPSA) is 123 Å². The molecular formula is C24H28N6O3. The van der Waals surface area contributed by atoms with Gasteiger partial charge in [-0.2, -0.15) is 5.26 Å². The monoisotopic (exact) mass is 448 g/mol. The van der Waals surface area contributed by atoms with Crippen LogP contribution in [0.15, 0.2) is 40.8 Å². The number of carbonyl (C=O) groups excluding carboxylic acids is 1. The zero-order chi connectivity index (χ0) is 23.8. The van der Waals surface area contributed by atoms with E-state index in [0.717, 1.165) is 5.57 Å². The third-order valence-corrected chi connectivity index (χ3v) is 4.91. The number of carbonyl (C=O) groups is 1. The molecule has 3 N–H and O–H groups in total. The third-order valence-electron chi connectivity index (χ3n) is 4.91. The standard InChI is InChI=1S/C24H28N6O3/c1-17-15-28-23(27-10-5-11-30-12-13-33-16-20(30)31)29-21(17)19(14-25)22-18(6-4-9-26-22)7-8-24(2,3)32/h4,6,9,15,32H,5,10-13,16H2,1-3H3,(H2,27,28,29). The Morgan fingerprint density at radius 2 is 2.27 bits per heavy atom. The molecule has 0 spiro atoms. The van der Waals surface area contributed by atoms with Crippen molar-refractivity contribution < 1.29 is 14.6 Å². The van der Waals surface area contributed by atoms with E-state index in [1.807, 2.05) is 6.92 Å². The van der Waals surface area contributed by atoms with Crippen molar-refractivity contribution in [2.24, 2.45) is 4.99 Å². The van der Waals surface area contributed by atoms with E-state index in [9.17, 15) is 15.2 Å². The number of hydrogen-bond donors (Lipinski definition) is 3. The molecule has 33 heavy (non-hydrogen) atoms. The van der Waals surface area contributed by atoms with Crippen molar-refractivity contribution in [3.05, 3.63) is 47.1 Å². The second-order valence-corrected chi connectivity index (χ2v) is 8.18. The molecule has 172 valence electrons. The van der Waals surface area contributed by atoms with Gasteiger partial charge in [-0.05, 0) is 44.9 Å². The van der Waals surface area contributed by atoms with E-state index >= 15 is 0 Å². The maximum Gasteiger partial charge on any atom is 0.248 e. The lowest BCUT2D eigenvalue weighted by Gasteiger charge is -2.26. The molecule has 3 rings (SSSR count). The summed E-state index contributed by atoms with van der Waals surface area (Å²) in [7, 11) is 0. The van der Waals surface area contributed by atoms with Crippen molar-refractivity contribution in [1.29, 1.82) is 5.26 Å². The Morgan fingerprint density at radius 3 is 3.00 bits per heavy atom. The first-order chi connectivity index (χ1) is 15.8. The van der Waals surface area contributed by atoms with Gasteiger partial charge in [-0.1, -0.05) is 11.8 Å². The second kappa shape index (κ2) is 10.8. The summed E-state index contributed by atoms with van der Waals surface area (Å²) < 4.78 is 5.14. The Kier molecular flexibility index (Phi) is 7.83. The van der Waals surface area contributed by atoms with E-state index in [1.165, 1.54) is 0 Å². The minimum Gasteiger partial charge on any atom is -0.378 e. The van der Waals surface area contributed by atoms with Gasteiger partial charge < -0.3 is 25.4 Å². The Labute approximate surface area is 193 Å². The van der Waals surface area contributed by atoms with Gasteiger partial charge in [0.15, 0.2) is 5.96 Å². The molecule has 1 saturated heterocycles. The smallest absolute Gasteiger partial charge is 0.248 e. The van der Waals surface area contributed by atoms with Gasteiger partial charge in [0.1, 0.15) is 23.9 Å². The highest BCUT2D eigenvalue weighted by Gasteiger charge is 2.20. The van der Waals surface area contributed by atoms with Crippen molar-refractivity contribution in [3.8, 4) is 17.9 Å². The number of amides is 1. The second-order valence-electron chi connectivity index (χ2n) is 8.18. The predicted octanol–water partition coefficient (Wildman–Crippen LogP) is 1.14. The number of nitrogens with one attached hydrogen (secondary N) is 2. The molecular weight excluding hydrogens is 420 g/mol. The number of rotatable bonds is 5. The fourth-order valence-corrected chi connectivity index (χ4v) is 3.24. The highest BCUT2D eigenvalue weighted by molar-refractivity contribution is 5.91. The molecule has 0 bridgehead atoms. The molecule has 2 aliphatic heterocycles. The van der Waals surface area contributed by atoms with Gasteiger partial charge in [-0.25, -0.2) is 0 Å². The van der Waals surface area contributed by atoms with Gasteiger partial charge in [0.2, 0.25) is 5.91 Å². The maximum atomic E-state index is 11.8. The van der Waals surface area contributed by atoms with Crippen LogP contribution in [-0.2, 0) is 9.53 Å². The predicted molar refractivity (Wildman–Crippen MR) is 124 cm³/mol. The van der Waals surface area contributed by atoms with Gasteiger partial charge >= 0.3 is 0 Å². The van der Waals surface area contributed by atoms with Crippen molar-refractivity contribution in [2.75, 3.05) is 32.8 Å². The Hall–Kier alpha value is -3.66. The van der Waals surface area contributed by atoms with E-state index in [0.29, 0.717) is 61.1 Å². The molecule has 0 aliphatic carbocycles. The summed E-state index contributed by atoms with van der Waals surface area (Å²) in [4.78, 5) is 22.5. The number of nitriles is 1. The van der Waals surface area contributed by atoms with Crippen LogP contribution in [0.25, 0.3) is 5.57 Å². The molecule has 1 fully saturated rings. The Bertz CT molecular complexity index is 1100. The number of guanidine groups is 1. The van der Waals surface area contributed by atoms with Crippen LogP contribution in [0, 0.1) is 23.2 Å². The van der Waals surface area contributed by atoms with Crippen LogP contribution in [0.4, 0.5) is 0 Å². The first-order valence-electron chi connectivity index (χ1n) is 10.7. The van der Waals surface area contributed by atoms with Gasteiger partial charge in [0, 0.05) is 32.0 Å². The molecule has 0 unspecified atom stereocenters. The highest BCUT2D eigenvalue weighted by Crippen LogP contribution is 2.23. The van der Waals surface area contributed by atoms with Crippen molar-refractivity contribution in [2.45, 2.75) is 32.8 Å². The average molecular weight is 449 g/mol. The van der Waals surface area contributed by atoms with E-state index < -0.39 is 5.60 Å². The lowest BCUT2D eigenvalue weighted by molar-refractivity contribution is -0.142. The number of pyridine rings is 1. The van der Waals surface area contributed by atoms with Crippen molar-refractivity contribution in [1.82, 2.24) is 20.5 Å². The van der Waals surface area contributed by atoms with E-state index in [4.69, 9.17) is 4.74 Å². The Balaban J connectivity index is 1.79. The molecule has 9 heteroatoms. The number of aliphatic imine (C=N–C) groups is 1. The lowest BCUT2D eigenvalue weighted by atomic mass is 10.0. The number of morpholine rings is 1. The van der Waals surface area contributed by atoms with Gasteiger partial charge in [0.25, 0.3) is 0 Å². The fourth-order valence-electron chi connectivity index (χ4n) is 3.24. The van der Waals surface area contributed by atoms with E-state index in [2.05, 4.69) is 38.5 Å². The normalized spacial score (nSPS) is 19.0. The third kappa shape index (κ3) is 6.66. The summed E-state index contributed by atoms with van der Waals surface area (Å²) >= 11 is 0. The summed E-state index contributed by atoms with van der Waals surface area (Å²) in [6.45, 7) is 7.51. The molecule has 0 atom stereocenters. The van der Waals surface area contributed by atoms with Crippen LogP contribution in [0.1, 0.15) is 38.4 Å². The number of hydrogen-bond acceptors (Lipinski definition) is 6. The van der Waals surface area contributed by atoms with Gasteiger partial charge in [0.05, 0.1) is 23.6 Å². The Morgan fingerprint density at radius 1 is 1.45 bits per heavy atom. The van der Waals surface area contributed by atoms with Gasteiger partial charge in [-0.3, -0.25) is 14.8 Å². The molecule has 1 amide bonds. The average Bonchev–Trinajstić information content (AvgIpc) is 2.79. The zero-order valence-electron chi connectivity index (χ0n) is 19.1. The number of ether oxygens (including phenoxy) is 1. The number of nitrogens with zero attached hydrogens (tertiary/aromatic N) is 4. The summed E-state index contributed by atoms with van der Waals surface area (Å²) in [6.07, 6.45) is 4.09. The minimum atomic E-state index is -1.17. The highest BCUT2D eigenvalue weighted by atomic mass is 16.5. The van der Waals surface area contributed by atoms with Crippen LogP contribution >= 0.6 is 0 Å².